The van der Waals surface area contributed by atoms with Crippen LogP contribution in [0.1, 0.15) is 36.2 Å². The maximum absolute atomic E-state index is 13.4. The molecule has 3 amide bonds. The van der Waals surface area contributed by atoms with E-state index in [0.717, 1.165) is 22.9 Å². The fraction of sp³-hybridized carbons (Fsp3) is 0.480. The van der Waals surface area contributed by atoms with Crippen molar-refractivity contribution in [3.8, 4) is 0 Å². The molecule has 2 heterocycles. The van der Waals surface area contributed by atoms with E-state index in [-0.39, 0.29) is 43.3 Å². The molecular formula is C25H33F3N6O2. The average molecular weight is 507 g/mol. The number of benzene rings is 1. The van der Waals surface area contributed by atoms with Gasteiger partial charge in [0, 0.05) is 44.1 Å². The molecule has 0 saturated carbocycles. The highest BCUT2D eigenvalue weighted by atomic mass is 19.4. The Balaban J connectivity index is 1.70. The van der Waals surface area contributed by atoms with Crippen molar-refractivity contribution in [2.24, 2.45) is 0 Å². The predicted molar refractivity (Wildman–Crippen MR) is 131 cm³/mol. The van der Waals surface area contributed by atoms with Gasteiger partial charge in [0.1, 0.15) is 0 Å². The molecule has 3 rings (SSSR count). The fourth-order valence-electron chi connectivity index (χ4n) is 4.11. The second kappa shape index (κ2) is 12.1. The lowest BCUT2D eigenvalue weighted by Gasteiger charge is -2.31. The van der Waals surface area contributed by atoms with Gasteiger partial charge in [-0.3, -0.25) is 9.78 Å². The minimum atomic E-state index is -4.55. The number of anilines is 1. The molecule has 0 spiro atoms. The van der Waals surface area contributed by atoms with Gasteiger partial charge in [0.15, 0.2) is 0 Å². The summed E-state index contributed by atoms with van der Waals surface area (Å²) in [4.78, 5) is 32.5. The Kier molecular flexibility index (Phi) is 9.14. The van der Waals surface area contributed by atoms with Crippen LogP contribution in [-0.4, -0.2) is 66.0 Å². The normalized spacial score (nSPS) is 13.4. The molecule has 1 aromatic carbocycles. The van der Waals surface area contributed by atoms with Crippen LogP contribution in [-0.2, 0) is 30.5 Å². The number of carbonyl (C=O) groups excluding carboxylic acids is 2. The number of rotatable bonds is 9. The number of pyridine rings is 1. The Labute approximate surface area is 209 Å². The number of likely N-dealkylation sites (N-methyl/N-ethyl adjacent to an activating group) is 1. The van der Waals surface area contributed by atoms with E-state index in [0.29, 0.717) is 26.1 Å². The number of hydrogen-bond acceptors (Lipinski definition) is 5. The Morgan fingerprint density at radius 1 is 1.19 bits per heavy atom. The number of alkyl halides is 3. The fourth-order valence-corrected chi connectivity index (χ4v) is 4.11. The Morgan fingerprint density at radius 2 is 1.97 bits per heavy atom. The van der Waals surface area contributed by atoms with Gasteiger partial charge in [0.25, 0.3) is 0 Å². The number of fused-ring (bicyclic) bond motifs is 1. The molecule has 196 valence electrons. The van der Waals surface area contributed by atoms with Crippen LogP contribution in [0.2, 0.25) is 0 Å². The van der Waals surface area contributed by atoms with E-state index in [1.54, 1.807) is 11.9 Å². The van der Waals surface area contributed by atoms with Crippen molar-refractivity contribution in [1.29, 1.82) is 0 Å². The van der Waals surface area contributed by atoms with Gasteiger partial charge in [-0.05, 0) is 56.6 Å². The first-order chi connectivity index (χ1) is 17.1. The summed E-state index contributed by atoms with van der Waals surface area (Å²) in [6.07, 6.45) is -2.63. The lowest BCUT2D eigenvalue weighted by Crippen LogP contribution is -2.45. The van der Waals surface area contributed by atoms with Gasteiger partial charge < -0.3 is 25.8 Å². The Hall–Kier alpha value is -3.34. The number of halogens is 3. The summed E-state index contributed by atoms with van der Waals surface area (Å²) in [5, 5.41) is 8.99. The van der Waals surface area contributed by atoms with E-state index in [2.05, 4.69) is 20.9 Å². The zero-order valence-electron chi connectivity index (χ0n) is 20.8. The maximum atomic E-state index is 13.4. The van der Waals surface area contributed by atoms with Crippen LogP contribution in [0.25, 0.3) is 0 Å². The van der Waals surface area contributed by atoms with Gasteiger partial charge >= 0.3 is 12.2 Å². The quantitative estimate of drug-likeness (QED) is 0.486. The topological polar surface area (TPSA) is 89.6 Å². The van der Waals surface area contributed by atoms with Crippen molar-refractivity contribution in [3.63, 3.8) is 0 Å². The third-order valence-corrected chi connectivity index (χ3v) is 5.92. The van der Waals surface area contributed by atoms with E-state index in [1.165, 1.54) is 17.2 Å². The lowest BCUT2D eigenvalue weighted by atomic mass is 9.98. The zero-order valence-corrected chi connectivity index (χ0v) is 20.8. The number of urea groups is 1. The SMILES string of the molecule is CNCCN(Cc1ncccc1C(F)(F)F)C(=O)CNc1cccc2c1CCN(C(=O)NC(C)C)C2. The molecule has 0 atom stereocenters. The largest absolute Gasteiger partial charge is 0.418 e. The van der Waals surface area contributed by atoms with E-state index in [9.17, 15) is 22.8 Å². The minimum absolute atomic E-state index is 0.0436. The van der Waals surface area contributed by atoms with Crippen molar-refractivity contribution in [2.75, 3.05) is 38.5 Å². The van der Waals surface area contributed by atoms with Gasteiger partial charge in [-0.1, -0.05) is 12.1 Å². The second-order valence-electron chi connectivity index (χ2n) is 8.99. The summed E-state index contributed by atoms with van der Waals surface area (Å²) in [6.45, 7) is 5.17. The van der Waals surface area contributed by atoms with E-state index in [4.69, 9.17) is 0 Å². The first-order valence-corrected chi connectivity index (χ1v) is 11.9. The van der Waals surface area contributed by atoms with Crippen LogP contribution in [0.5, 0.6) is 0 Å². The molecule has 3 N–H and O–H groups in total. The average Bonchev–Trinajstić information content (AvgIpc) is 2.83. The molecule has 0 fully saturated rings. The highest BCUT2D eigenvalue weighted by Crippen LogP contribution is 2.31. The van der Waals surface area contributed by atoms with Crippen LogP contribution in [0.15, 0.2) is 36.5 Å². The van der Waals surface area contributed by atoms with Crippen LogP contribution < -0.4 is 16.0 Å². The first kappa shape index (κ1) is 27.3. The van der Waals surface area contributed by atoms with Crippen molar-refractivity contribution < 1.29 is 22.8 Å². The number of nitrogens with zero attached hydrogens (tertiary/aromatic N) is 3. The third kappa shape index (κ3) is 7.09. The van der Waals surface area contributed by atoms with Crippen LogP contribution in [0.4, 0.5) is 23.7 Å². The highest BCUT2D eigenvalue weighted by molar-refractivity contribution is 5.81. The summed E-state index contributed by atoms with van der Waals surface area (Å²) in [6, 6.07) is 7.82. The molecule has 36 heavy (non-hydrogen) atoms. The van der Waals surface area contributed by atoms with Gasteiger partial charge in [-0.25, -0.2) is 4.79 Å². The van der Waals surface area contributed by atoms with Crippen LogP contribution in [0.3, 0.4) is 0 Å². The molecule has 0 aliphatic carbocycles. The van der Waals surface area contributed by atoms with Crippen molar-refractivity contribution >= 4 is 17.6 Å². The molecule has 8 nitrogen and oxygen atoms in total. The summed E-state index contributed by atoms with van der Waals surface area (Å²) < 4.78 is 40.3. The summed E-state index contributed by atoms with van der Waals surface area (Å²) in [7, 11) is 1.71. The molecule has 0 unspecified atom stereocenters. The first-order valence-electron chi connectivity index (χ1n) is 11.9. The molecule has 1 aromatic heterocycles. The smallest absolute Gasteiger partial charge is 0.376 e. The zero-order chi connectivity index (χ0) is 26.3. The van der Waals surface area contributed by atoms with E-state index >= 15 is 0 Å². The standard InChI is InChI=1S/C25H33F3N6O2/c1-17(2)32-24(36)34-12-9-19-18(15-34)6-4-8-21(19)31-14-23(35)33(13-11-29-3)16-22-20(25(26,27)28)7-5-10-30-22/h4-8,10,17,29,31H,9,11-16H2,1-3H3,(H,32,36). The summed E-state index contributed by atoms with van der Waals surface area (Å²) >= 11 is 0. The maximum Gasteiger partial charge on any atom is 0.418 e. The number of hydrogen-bond donors (Lipinski definition) is 3. The lowest BCUT2D eigenvalue weighted by molar-refractivity contribution is -0.140. The van der Waals surface area contributed by atoms with E-state index in [1.807, 2.05) is 32.0 Å². The van der Waals surface area contributed by atoms with Gasteiger partial charge in [-0.15, -0.1) is 0 Å². The number of aromatic nitrogens is 1. The summed E-state index contributed by atoms with van der Waals surface area (Å²) in [5.41, 5.74) is 1.78. The molecule has 1 aliphatic heterocycles. The molecule has 2 aromatic rings. The van der Waals surface area contributed by atoms with Gasteiger partial charge in [-0.2, -0.15) is 13.2 Å². The Bertz CT molecular complexity index is 1060. The van der Waals surface area contributed by atoms with Crippen LogP contribution in [0, 0.1) is 0 Å². The molecular weight excluding hydrogens is 473 g/mol. The monoisotopic (exact) mass is 506 g/mol. The van der Waals surface area contributed by atoms with Gasteiger partial charge in [0.2, 0.25) is 5.91 Å². The Morgan fingerprint density at radius 3 is 2.67 bits per heavy atom. The van der Waals surface area contributed by atoms with Crippen molar-refractivity contribution in [2.45, 2.75) is 45.6 Å². The number of nitrogens with one attached hydrogen (secondary N) is 3. The number of carbonyl (C=O) groups is 2. The molecule has 11 heteroatoms. The minimum Gasteiger partial charge on any atom is -0.376 e. The van der Waals surface area contributed by atoms with Gasteiger partial charge in [0.05, 0.1) is 24.3 Å². The van der Waals surface area contributed by atoms with Crippen LogP contribution >= 0.6 is 0 Å². The van der Waals surface area contributed by atoms with Crippen molar-refractivity contribution in [1.82, 2.24) is 25.4 Å². The highest BCUT2D eigenvalue weighted by Gasteiger charge is 2.34. The molecule has 0 radical (unpaired) electrons. The molecule has 0 bridgehead atoms. The second-order valence-corrected chi connectivity index (χ2v) is 8.99. The van der Waals surface area contributed by atoms with Crippen molar-refractivity contribution in [3.05, 3.63) is 58.9 Å². The predicted octanol–water partition coefficient (Wildman–Crippen LogP) is 3.24. The van der Waals surface area contributed by atoms with E-state index < -0.39 is 11.7 Å². The molecule has 0 saturated heterocycles. The third-order valence-electron chi connectivity index (χ3n) is 5.92. The number of amides is 3. The molecule has 1 aliphatic rings. The summed E-state index contributed by atoms with van der Waals surface area (Å²) in [5.74, 6) is -0.338.